The van der Waals surface area contributed by atoms with E-state index in [-0.39, 0.29) is 12.5 Å². The van der Waals surface area contributed by atoms with Gasteiger partial charge in [0.2, 0.25) is 5.91 Å². The second-order valence-corrected chi connectivity index (χ2v) is 6.74. The van der Waals surface area contributed by atoms with Gasteiger partial charge < -0.3 is 19.9 Å². The molecule has 6 heteroatoms. The van der Waals surface area contributed by atoms with Gasteiger partial charge in [-0.1, -0.05) is 32.0 Å². The van der Waals surface area contributed by atoms with Crippen molar-refractivity contribution in [3.05, 3.63) is 29.8 Å². The number of nitrogens with zero attached hydrogens (tertiary/aromatic N) is 3. The van der Waals surface area contributed by atoms with Crippen LogP contribution in [-0.4, -0.2) is 69.1 Å². The summed E-state index contributed by atoms with van der Waals surface area (Å²) in [5.41, 5.74) is 1.12. The van der Waals surface area contributed by atoms with Gasteiger partial charge in [0.25, 0.3) is 0 Å². The molecule has 0 heterocycles. The predicted octanol–water partition coefficient (Wildman–Crippen LogP) is 2.00. The summed E-state index contributed by atoms with van der Waals surface area (Å²) in [6, 6.07) is 7.97. The van der Waals surface area contributed by atoms with E-state index in [0.29, 0.717) is 19.1 Å². The average molecular weight is 348 g/mol. The Bertz CT molecular complexity index is 570. The van der Waals surface area contributed by atoms with Crippen LogP contribution in [0.4, 0.5) is 0 Å². The number of hydrogen-bond donors (Lipinski definition) is 1. The Balaban J connectivity index is 2.61. The average Bonchev–Trinajstić information content (AvgIpc) is 2.55. The molecule has 0 saturated carbocycles. The number of aryl methyl sites for hydroxylation is 1. The van der Waals surface area contributed by atoms with Crippen LogP contribution in [0.5, 0.6) is 5.75 Å². The van der Waals surface area contributed by atoms with Crippen molar-refractivity contribution in [2.45, 2.75) is 20.8 Å². The molecule has 0 spiro atoms. The summed E-state index contributed by atoms with van der Waals surface area (Å²) in [6.45, 7) is 8.46. The van der Waals surface area contributed by atoms with Gasteiger partial charge in [0.05, 0.1) is 6.54 Å². The van der Waals surface area contributed by atoms with Crippen LogP contribution in [-0.2, 0) is 4.79 Å². The van der Waals surface area contributed by atoms with Crippen molar-refractivity contribution in [3.8, 4) is 5.75 Å². The molecule has 1 amide bonds. The van der Waals surface area contributed by atoms with Crippen LogP contribution in [0.2, 0.25) is 0 Å². The molecule has 140 valence electrons. The number of ether oxygens (including phenoxy) is 1. The number of nitrogens with one attached hydrogen (secondary N) is 1. The van der Waals surface area contributed by atoms with E-state index < -0.39 is 0 Å². The maximum Gasteiger partial charge on any atom is 0.243 e. The van der Waals surface area contributed by atoms with Gasteiger partial charge in [-0.05, 0) is 24.5 Å². The number of likely N-dealkylation sites (N-methyl/N-ethyl adjacent to an activating group) is 2. The van der Waals surface area contributed by atoms with Crippen LogP contribution in [0.15, 0.2) is 29.3 Å². The van der Waals surface area contributed by atoms with Crippen molar-refractivity contribution in [2.24, 2.45) is 10.9 Å². The van der Waals surface area contributed by atoms with E-state index in [0.717, 1.165) is 23.8 Å². The first-order chi connectivity index (χ1) is 11.8. The summed E-state index contributed by atoms with van der Waals surface area (Å²) in [5, 5.41) is 3.32. The highest BCUT2D eigenvalue weighted by Crippen LogP contribution is 2.15. The van der Waals surface area contributed by atoms with E-state index in [9.17, 15) is 4.79 Å². The summed E-state index contributed by atoms with van der Waals surface area (Å²) in [5.74, 6) is 2.09. The Hall–Kier alpha value is -2.24. The largest absolute Gasteiger partial charge is 0.491 e. The highest BCUT2D eigenvalue weighted by Gasteiger charge is 2.10. The molecule has 0 bridgehead atoms. The summed E-state index contributed by atoms with van der Waals surface area (Å²) < 4.78 is 5.85. The summed E-state index contributed by atoms with van der Waals surface area (Å²) >= 11 is 0. The minimum Gasteiger partial charge on any atom is -0.491 e. The van der Waals surface area contributed by atoms with Gasteiger partial charge in [0.1, 0.15) is 18.9 Å². The zero-order valence-corrected chi connectivity index (χ0v) is 16.4. The number of rotatable bonds is 8. The molecule has 25 heavy (non-hydrogen) atoms. The molecule has 0 radical (unpaired) electrons. The fourth-order valence-electron chi connectivity index (χ4n) is 2.01. The molecule has 0 saturated heterocycles. The Morgan fingerprint density at radius 2 is 1.92 bits per heavy atom. The number of benzene rings is 1. The van der Waals surface area contributed by atoms with Crippen molar-refractivity contribution < 1.29 is 9.53 Å². The Labute approximate surface area is 151 Å². The predicted molar refractivity (Wildman–Crippen MR) is 103 cm³/mol. The van der Waals surface area contributed by atoms with Crippen molar-refractivity contribution in [3.63, 3.8) is 0 Å². The number of carbonyl (C=O) groups excluding carboxylic acids is 1. The van der Waals surface area contributed by atoms with Crippen molar-refractivity contribution in [1.82, 2.24) is 15.1 Å². The SMILES string of the molecule is Cc1ccccc1OCCN(C)C(=NCC(=O)N(C)C)NCC(C)C. The molecule has 6 nitrogen and oxygen atoms in total. The molecular weight excluding hydrogens is 316 g/mol. The van der Waals surface area contributed by atoms with E-state index in [1.165, 1.54) is 0 Å². The summed E-state index contributed by atoms with van der Waals surface area (Å²) in [4.78, 5) is 19.8. The van der Waals surface area contributed by atoms with Crippen LogP contribution < -0.4 is 10.1 Å². The Morgan fingerprint density at radius 3 is 2.52 bits per heavy atom. The van der Waals surface area contributed by atoms with Crippen LogP contribution in [0.25, 0.3) is 0 Å². The van der Waals surface area contributed by atoms with Gasteiger partial charge >= 0.3 is 0 Å². The van der Waals surface area contributed by atoms with Crippen molar-refractivity contribution in [2.75, 3.05) is 47.4 Å². The minimum absolute atomic E-state index is 0.0200. The number of carbonyl (C=O) groups is 1. The molecule has 0 fully saturated rings. The third-order valence-corrected chi connectivity index (χ3v) is 3.67. The van der Waals surface area contributed by atoms with Gasteiger partial charge in [-0.2, -0.15) is 0 Å². The van der Waals surface area contributed by atoms with Gasteiger partial charge in [0.15, 0.2) is 5.96 Å². The highest BCUT2D eigenvalue weighted by atomic mass is 16.5. The zero-order valence-electron chi connectivity index (χ0n) is 16.4. The lowest BCUT2D eigenvalue weighted by Crippen LogP contribution is -2.43. The molecule has 0 aliphatic heterocycles. The second kappa shape index (κ2) is 10.6. The molecule has 1 rings (SSSR count). The van der Waals surface area contributed by atoms with Crippen molar-refractivity contribution in [1.29, 1.82) is 0 Å². The molecule has 0 aromatic heterocycles. The topological polar surface area (TPSA) is 57.2 Å². The lowest BCUT2D eigenvalue weighted by molar-refractivity contribution is -0.127. The number of amides is 1. The number of guanidine groups is 1. The number of para-hydroxylation sites is 1. The normalized spacial score (nSPS) is 11.4. The fraction of sp³-hybridized carbons (Fsp3) is 0.579. The first kappa shape index (κ1) is 20.8. The molecule has 0 aliphatic rings. The lowest BCUT2D eigenvalue weighted by Gasteiger charge is -2.23. The maximum atomic E-state index is 11.8. The molecule has 1 N–H and O–H groups in total. The zero-order chi connectivity index (χ0) is 18.8. The van der Waals surface area contributed by atoms with Gasteiger partial charge in [0, 0.05) is 27.7 Å². The van der Waals surface area contributed by atoms with Crippen molar-refractivity contribution >= 4 is 11.9 Å². The smallest absolute Gasteiger partial charge is 0.243 e. The van der Waals surface area contributed by atoms with E-state index >= 15 is 0 Å². The Morgan fingerprint density at radius 1 is 1.24 bits per heavy atom. The fourth-order valence-corrected chi connectivity index (χ4v) is 2.01. The molecule has 0 unspecified atom stereocenters. The molecule has 1 aromatic carbocycles. The first-order valence-electron chi connectivity index (χ1n) is 8.69. The third-order valence-electron chi connectivity index (χ3n) is 3.67. The molecule has 0 atom stereocenters. The highest BCUT2D eigenvalue weighted by molar-refractivity contribution is 5.84. The number of aliphatic imine (C=N–C) groups is 1. The van der Waals surface area contributed by atoms with Crippen LogP contribution >= 0.6 is 0 Å². The molecular formula is C19H32N4O2. The van der Waals surface area contributed by atoms with E-state index in [1.54, 1.807) is 19.0 Å². The minimum atomic E-state index is -0.0200. The lowest BCUT2D eigenvalue weighted by atomic mass is 10.2. The summed E-state index contributed by atoms with van der Waals surface area (Å²) in [7, 11) is 5.42. The van der Waals surface area contributed by atoms with Crippen LogP contribution in [0, 0.1) is 12.8 Å². The first-order valence-corrected chi connectivity index (χ1v) is 8.69. The molecule has 1 aromatic rings. The van der Waals surface area contributed by atoms with Crippen LogP contribution in [0.3, 0.4) is 0 Å². The van der Waals surface area contributed by atoms with E-state index in [1.807, 2.05) is 43.1 Å². The van der Waals surface area contributed by atoms with Gasteiger partial charge in [-0.15, -0.1) is 0 Å². The summed E-state index contributed by atoms with van der Waals surface area (Å²) in [6.07, 6.45) is 0. The van der Waals surface area contributed by atoms with Gasteiger partial charge in [-0.25, -0.2) is 4.99 Å². The van der Waals surface area contributed by atoms with E-state index in [4.69, 9.17) is 4.74 Å². The monoisotopic (exact) mass is 348 g/mol. The quantitative estimate of drug-likeness (QED) is 0.577. The molecule has 0 aliphatic carbocycles. The number of hydrogen-bond acceptors (Lipinski definition) is 3. The van der Waals surface area contributed by atoms with E-state index in [2.05, 4.69) is 24.2 Å². The van der Waals surface area contributed by atoms with Gasteiger partial charge in [-0.3, -0.25) is 4.79 Å². The Kier molecular flexibility index (Phi) is 8.81. The maximum absolute atomic E-state index is 11.8. The standard InChI is InChI=1S/C19H32N4O2/c1-15(2)13-20-19(21-14-18(24)22(4)5)23(6)11-12-25-17-10-8-7-9-16(17)3/h7-10,15H,11-14H2,1-6H3,(H,20,21). The third kappa shape index (κ3) is 7.92. The van der Waals surface area contributed by atoms with Crippen LogP contribution in [0.1, 0.15) is 19.4 Å². The second-order valence-electron chi connectivity index (χ2n) is 6.74.